The first-order chi connectivity index (χ1) is 8.56. The summed E-state index contributed by atoms with van der Waals surface area (Å²) in [7, 11) is 3.81. The molecule has 1 amide bonds. The van der Waals surface area contributed by atoms with Crippen molar-refractivity contribution in [2.24, 2.45) is 0 Å². The van der Waals surface area contributed by atoms with Crippen LogP contribution in [0.25, 0.3) is 0 Å². The molecule has 1 aromatic rings. The fourth-order valence-corrected chi connectivity index (χ4v) is 2.27. The van der Waals surface area contributed by atoms with Crippen molar-refractivity contribution < 1.29 is 9.32 Å². The van der Waals surface area contributed by atoms with Crippen LogP contribution < -0.4 is 0 Å². The van der Waals surface area contributed by atoms with Gasteiger partial charge in [0, 0.05) is 25.9 Å². The molecule has 1 saturated heterocycles. The maximum absolute atomic E-state index is 12.0. The molecule has 0 aromatic carbocycles. The van der Waals surface area contributed by atoms with Crippen molar-refractivity contribution in [1.29, 1.82) is 0 Å². The Hall–Kier alpha value is -1.43. The number of hydrogen-bond donors (Lipinski definition) is 0. The number of nitrogens with zero attached hydrogens (tertiary/aromatic N) is 4. The molecule has 1 aliphatic rings. The Morgan fingerprint density at radius 2 is 2.33 bits per heavy atom. The largest absolute Gasteiger partial charge is 0.341 e. The van der Waals surface area contributed by atoms with Crippen LogP contribution in [0.2, 0.25) is 0 Å². The van der Waals surface area contributed by atoms with Crippen LogP contribution in [0.1, 0.15) is 30.5 Å². The lowest BCUT2D eigenvalue weighted by atomic mass is 9.97. The van der Waals surface area contributed by atoms with Gasteiger partial charge in [0.1, 0.15) is 0 Å². The van der Waals surface area contributed by atoms with Gasteiger partial charge in [-0.05, 0) is 26.9 Å². The predicted molar refractivity (Wildman–Crippen MR) is 66.1 cm³/mol. The zero-order valence-electron chi connectivity index (χ0n) is 11.2. The van der Waals surface area contributed by atoms with Crippen molar-refractivity contribution in [1.82, 2.24) is 19.9 Å². The van der Waals surface area contributed by atoms with Gasteiger partial charge in [0.2, 0.25) is 11.8 Å². The van der Waals surface area contributed by atoms with Gasteiger partial charge in [0.15, 0.2) is 5.82 Å². The van der Waals surface area contributed by atoms with Gasteiger partial charge < -0.3 is 14.3 Å². The standard InChI is InChI=1S/C12H20N4O2/c1-9-13-12(14-18-9)10-5-4-6-16(7-10)11(17)8-15(2)3/h10H,4-8H2,1-3H3/t10-/m0/s1. The van der Waals surface area contributed by atoms with E-state index in [0.717, 1.165) is 25.2 Å². The molecule has 2 heterocycles. The molecule has 0 saturated carbocycles. The van der Waals surface area contributed by atoms with Crippen molar-refractivity contribution in [2.75, 3.05) is 33.7 Å². The summed E-state index contributed by atoms with van der Waals surface area (Å²) >= 11 is 0. The third kappa shape index (κ3) is 3.07. The molecular weight excluding hydrogens is 232 g/mol. The number of likely N-dealkylation sites (N-methyl/N-ethyl adjacent to an activating group) is 1. The molecule has 1 atom stereocenters. The van der Waals surface area contributed by atoms with Gasteiger partial charge in [-0.1, -0.05) is 5.16 Å². The first-order valence-electron chi connectivity index (χ1n) is 6.29. The maximum Gasteiger partial charge on any atom is 0.236 e. The molecule has 0 bridgehead atoms. The van der Waals surface area contributed by atoms with E-state index in [0.29, 0.717) is 19.0 Å². The van der Waals surface area contributed by atoms with Crippen LogP contribution in [0.3, 0.4) is 0 Å². The zero-order chi connectivity index (χ0) is 13.1. The fourth-order valence-electron chi connectivity index (χ4n) is 2.27. The van der Waals surface area contributed by atoms with E-state index in [1.807, 2.05) is 23.9 Å². The summed E-state index contributed by atoms with van der Waals surface area (Å²) in [6, 6.07) is 0. The van der Waals surface area contributed by atoms with Gasteiger partial charge in [-0.3, -0.25) is 4.79 Å². The number of aromatic nitrogens is 2. The highest BCUT2D eigenvalue weighted by Crippen LogP contribution is 2.24. The predicted octanol–water partition coefficient (Wildman–Crippen LogP) is 0.646. The number of hydrogen-bond acceptors (Lipinski definition) is 5. The van der Waals surface area contributed by atoms with Gasteiger partial charge >= 0.3 is 0 Å². The smallest absolute Gasteiger partial charge is 0.236 e. The van der Waals surface area contributed by atoms with Crippen LogP contribution in [-0.4, -0.2) is 59.6 Å². The van der Waals surface area contributed by atoms with E-state index in [1.54, 1.807) is 6.92 Å². The average molecular weight is 252 g/mol. The number of likely N-dealkylation sites (tertiary alicyclic amines) is 1. The van der Waals surface area contributed by atoms with E-state index in [9.17, 15) is 4.79 Å². The number of piperidine rings is 1. The maximum atomic E-state index is 12.0. The van der Waals surface area contributed by atoms with Crippen LogP contribution in [-0.2, 0) is 4.79 Å². The highest BCUT2D eigenvalue weighted by atomic mass is 16.5. The number of rotatable bonds is 3. The molecule has 18 heavy (non-hydrogen) atoms. The molecule has 1 fully saturated rings. The molecule has 0 spiro atoms. The van der Waals surface area contributed by atoms with Crippen LogP contribution in [0, 0.1) is 6.92 Å². The SMILES string of the molecule is Cc1nc([C@H]2CCCN(C(=O)CN(C)C)C2)no1. The topological polar surface area (TPSA) is 62.5 Å². The summed E-state index contributed by atoms with van der Waals surface area (Å²) in [5, 5.41) is 3.96. The molecular formula is C12H20N4O2. The second-order valence-corrected chi connectivity index (χ2v) is 5.09. The van der Waals surface area contributed by atoms with Crippen LogP contribution in [0.5, 0.6) is 0 Å². The molecule has 1 aromatic heterocycles. The van der Waals surface area contributed by atoms with Gasteiger partial charge in [-0.25, -0.2) is 0 Å². The molecule has 2 rings (SSSR count). The number of amides is 1. The lowest BCUT2D eigenvalue weighted by Gasteiger charge is -2.32. The van der Waals surface area contributed by atoms with Crippen molar-refractivity contribution >= 4 is 5.91 Å². The molecule has 0 aliphatic carbocycles. The summed E-state index contributed by atoms with van der Waals surface area (Å²) in [6.45, 7) is 3.78. The third-order valence-corrected chi connectivity index (χ3v) is 3.13. The fraction of sp³-hybridized carbons (Fsp3) is 0.750. The summed E-state index contributed by atoms with van der Waals surface area (Å²) in [5.41, 5.74) is 0. The van der Waals surface area contributed by atoms with E-state index in [1.165, 1.54) is 0 Å². The normalized spacial score (nSPS) is 20.4. The Morgan fingerprint density at radius 3 is 2.94 bits per heavy atom. The molecule has 6 nitrogen and oxygen atoms in total. The van der Waals surface area contributed by atoms with Crippen LogP contribution >= 0.6 is 0 Å². The van der Waals surface area contributed by atoms with Gasteiger partial charge in [-0.2, -0.15) is 4.98 Å². The number of aryl methyl sites for hydroxylation is 1. The first-order valence-corrected chi connectivity index (χ1v) is 6.29. The Labute approximate surface area is 107 Å². The zero-order valence-corrected chi connectivity index (χ0v) is 11.2. The molecule has 100 valence electrons. The third-order valence-electron chi connectivity index (χ3n) is 3.13. The lowest BCUT2D eigenvalue weighted by molar-refractivity contribution is -0.133. The molecule has 1 aliphatic heterocycles. The average Bonchev–Trinajstić information content (AvgIpc) is 2.75. The monoisotopic (exact) mass is 252 g/mol. The van der Waals surface area contributed by atoms with E-state index in [-0.39, 0.29) is 11.8 Å². The molecule has 0 unspecified atom stereocenters. The van der Waals surface area contributed by atoms with Gasteiger partial charge in [0.05, 0.1) is 6.54 Å². The van der Waals surface area contributed by atoms with Crippen molar-refractivity contribution in [3.63, 3.8) is 0 Å². The Kier molecular flexibility index (Phi) is 3.96. The minimum Gasteiger partial charge on any atom is -0.341 e. The summed E-state index contributed by atoms with van der Waals surface area (Å²) in [4.78, 5) is 20.1. The van der Waals surface area contributed by atoms with E-state index < -0.39 is 0 Å². The quantitative estimate of drug-likeness (QED) is 0.790. The number of carbonyl (C=O) groups is 1. The highest BCUT2D eigenvalue weighted by molar-refractivity contribution is 5.78. The van der Waals surface area contributed by atoms with Crippen molar-refractivity contribution in [3.8, 4) is 0 Å². The van der Waals surface area contributed by atoms with E-state index in [4.69, 9.17) is 4.52 Å². The van der Waals surface area contributed by atoms with E-state index in [2.05, 4.69) is 10.1 Å². The second kappa shape index (κ2) is 5.48. The van der Waals surface area contributed by atoms with Crippen molar-refractivity contribution in [3.05, 3.63) is 11.7 Å². The highest BCUT2D eigenvalue weighted by Gasteiger charge is 2.27. The summed E-state index contributed by atoms with van der Waals surface area (Å²) in [5.74, 6) is 1.70. The Bertz CT molecular complexity index is 416. The molecule has 0 N–H and O–H groups in total. The van der Waals surface area contributed by atoms with Crippen molar-refractivity contribution in [2.45, 2.75) is 25.7 Å². The Morgan fingerprint density at radius 1 is 1.56 bits per heavy atom. The van der Waals surface area contributed by atoms with E-state index >= 15 is 0 Å². The second-order valence-electron chi connectivity index (χ2n) is 5.09. The van der Waals surface area contributed by atoms with Gasteiger partial charge in [0.25, 0.3) is 0 Å². The molecule has 0 radical (unpaired) electrons. The summed E-state index contributed by atoms with van der Waals surface area (Å²) in [6.07, 6.45) is 2.02. The minimum atomic E-state index is 0.171. The van der Waals surface area contributed by atoms with Crippen LogP contribution in [0.4, 0.5) is 0 Å². The first kappa shape index (κ1) is 13.0. The lowest BCUT2D eigenvalue weighted by Crippen LogP contribution is -2.43. The molecule has 6 heteroatoms. The van der Waals surface area contributed by atoms with Crippen LogP contribution in [0.15, 0.2) is 4.52 Å². The Balaban J connectivity index is 1.98. The minimum absolute atomic E-state index is 0.171. The number of carbonyl (C=O) groups excluding carboxylic acids is 1. The van der Waals surface area contributed by atoms with Gasteiger partial charge in [-0.15, -0.1) is 0 Å². The summed E-state index contributed by atoms with van der Waals surface area (Å²) < 4.78 is 5.01.